The number of rotatable bonds is 11. The van der Waals surface area contributed by atoms with Gasteiger partial charge in [0.1, 0.15) is 42.4 Å². The Labute approximate surface area is 285 Å². The number of ketones is 1. The molecule has 2 aromatic rings. The lowest BCUT2D eigenvalue weighted by Gasteiger charge is -2.66. The van der Waals surface area contributed by atoms with Crippen LogP contribution in [0.2, 0.25) is 0 Å². The number of Topliss-reactive ketones (excluding diaryl/α,β-unsaturated/α-hetero) is 1. The van der Waals surface area contributed by atoms with Crippen molar-refractivity contribution in [3.63, 3.8) is 0 Å². The second kappa shape index (κ2) is 13.3. The quantitative estimate of drug-likeness (QED) is 0.263. The molecular formula is C36H45NO12. The van der Waals surface area contributed by atoms with E-state index < -0.39 is 88.8 Å². The molecule has 2 bridgehead atoms. The maximum Gasteiger partial charge on any atom is 0.341 e. The third kappa shape index (κ3) is 6.16. The molecule has 9 atom stereocenters. The minimum absolute atomic E-state index is 0.0129. The summed E-state index contributed by atoms with van der Waals surface area (Å²) in [6.07, 6.45) is 1.61. The Bertz CT molecular complexity index is 1570. The summed E-state index contributed by atoms with van der Waals surface area (Å²) in [5.41, 5.74) is -6.80. The fraction of sp³-hybridized carbons (Fsp3) is 0.611. The van der Waals surface area contributed by atoms with Gasteiger partial charge in [0.15, 0.2) is 5.60 Å². The lowest BCUT2D eigenvalue weighted by Crippen LogP contribution is -2.82. The smallest absolute Gasteiger partial charge is 0.341 e. The number of ether oxygens (including phenoxy) is 5. The molecule has 2 aliphatic carbocycles. The highest BCUT2D eigenvalue weighted by Crippen LogP contribution is 2.70. The number of hydrogen-bond acceptors (Lipinski definition) is 13. The molecule has 0 unspecified atom stereocenters. The minimum atomic E-state index is -2.00. The monoisotopic (exact) mass is 683 g/mol. The van der Waals surface area contributed by atoms with Crippen molar-refractivity contribution >= 4 is 29.7 Å². The van der Waals surface area contributed by atoms with Crippen molar-refractivity contribution < 1.29 is 57.2 Å². The predicted octanol–water partition coefficient (Wildman–Crippen LogP) is 4.25. The molecule has 3 fully saturated rings. The van der Waals surface area contributed by atoms with Crippen molar-refractivity contribution in [2.45, 2.75) is 109 Å². The lowest BCUT2D eigenvalue weighted by atomic mass is 9.44. The zero-order valence-corrected chi connectivity index (χ0v) is 28.9. The van der Waals surface area contributed by atoms with Gasteiger partial charge in [0.05, 0.1) is 34.5 Å². The minimum Gasteiger partial charge on any atom is -0.472 e. The van der Waals surface area contributed by atoms with E-state index in [4.69, 9.17) is 28.1 Å². The van der Waals surface area contributed by atoms with Crippen molar-refractivity contribution in [1.29, 1.82) is 0 Å². The second-order valence-electron chi connectivity index (χ2n) is 14.4. The first-order valence-electron chi connectivity index (χ1n) is 16.6. The first-order chi connectivity index (χ1) is 23.0. The molecule has 0 amide bonds. The fourth-order valence-electron chi connectivity index (χ4n) is 8.42. The van der Waals surface area contributed by atoms with E-state index in [1.165, 1.54) is 57.8 Å². The molecule has 1 spiro atoms. The number of furan rings is 1. The second-order valence-corrected chi connectivity index (χ2v) is 14.4. The van der Waals surface area contributed by atoms with E-state index in [9.17, 15) is 29.1 Å². The van der Waals surface area contributed by atoms with Crippen LogP contribution in [-0.4, -0.2) is 81.5 Å². The van der Waals surface area contributed by atoms with Gasteiger partial charge in [-0.3, -0.25) is 14.6 Å². The van der Waals surface area contributed by atoms with Crippen molar-refractivity contribution in [3.05, 3.63) is 54.2 Å². The van der Waals surface area contributed by atoms with Crippen molar-refractivity contribution in [3.8, 4) is 0 Å². The molecule has 1 N–H and O–H groups in total. The molecule has 3 aliphatic rings. The molecular weight excluding hydrogens is 638 g/mol. The number of esters is 4. The third-order valence-corrected chi connectivity index (χ3v) is 10.7. The summed E-state index contributed by atoms with van der Waals surface area (Å²) in [7, 11) is 0. The van der Waals surface area contributed by atoms with Gasteiger partial charge < -0.3 is 38.0 Å². The van der Waals surface area contributed by atoms with Gasteiger partial charge in [-0.2, -0.15) is 0 Å². The number of carbonyl (C=O) groups excluding carboxylic acids is 5. The fourth-order valence-corrected chi connectivity index (χ4v) is 8.42. The molecule has 13 heteroatoms. The highest BCUT2D eigenvalue weighted by atomic mass is 16.6. The summed E-state index contributed by atoms with van der Waals surface area (Å²) in [5.74, 6) is -5.23. The summed E-state index contributed by atoms with van der Waals surface area (Å²) in [4.78, 5) is 70.9. The van der Waals surface area contributed by atoms with Crippen LogP contribution in [0.1, 0.15) is 94.9 Å². The van der Waals surface area contributed by atoms with Crippen LogP contribution in [0.25, 0.3) is 0 Å². The van der Waals surface area contributed by atoms with Gasteiger partial charge in [0.25, 0.3) is 0 Å². The molecule has 2 saturated carbocycles. The van der Waals surface area contributed by atoms with E-state index in [0.717, 1.165) is 0 Å². The number of aromatic nitrogens is 1. The van der Waals surface area contributed by atoms with Crippen LogP contribution >= 0.6 is 0 Å². The van der Waals surface area contributed by atoms with Crippen LogP contribution in [0.5, 0.6) is 0 Å². The van der Waals surface area contributed by atoms with E-state index >= 15 is 0 Å². The number of hydrogen-bond donors (Lipinski definition) is 1. The zero-order chi connectivity index (χ0) is 35.9. The maximum atomic E-state index is 14.0. The van der Waals surface area contributed by atoms with E-state index in [1.807, 2.05) is 6.92 Å². The van der Waals surface area contributed by atoms with Gasteiger partial charge in [0.2, 0.25) is 0 Å². The number of nitrogens with zero attached hydrogens (tertiary/aromatic N) is 1. The predicted molar refractivity (Wildman–Crippen MR) is 170 cm³/mol. The first kappa shape index (κ1) is 36.2. The molecule has 49 heavy (non-hydrogen) atoms. The summed E-state index contributed by atoms with van der Waals surface area (Å²) < 4.78 is 36.9. The largest absolute Gasteiger partial charge is 0.472 e. The molecule has 266 valence electrons. The van der Waals surface area contributed by atoms with E-state index in [-0.39, 0.29) is 36.2 Å². The van der Waals surface area contributed by atoms with Crippen LogP contribution < -0.4 is 0 Å². The molecule has 0 aromatic carbocycles. The Morgan fingerprint density at radius 3 is 2.33 bits per heavy atom. The molecule has 5 rings (SSSR count). The molecule has 0 radical (unpaired) electrons. The Hall–Kier alpha value is -4.10. The zero-order valence-electron chi connectivity index (χ0n) is 28.9. The lowest BCUT2D eigenvalue weighted by molar-refractivity contribution is -0.349. The van der Waals surface area contributed by atoms with Gasteiger partial charge in [-0.25, -0.2) is 9.59 Å². The Morgan fingerprint density at radius 1 is 1.02 bits per heavy atom. The Kier molecular flexibility index (Phi) is 9.83. The topological polar surface area (TPSA) is 178 Å². The molecule has 1 aliphatic heterocycles. The average molecular weight is 684 g/mol. The number of pyridine rings is 1. The van der Waals surface area contributed by atoms with Gasteiger partial charge in [-0.05, 0) is 65.2 Å². The van der Waals surface area contributed by atoms with Crippen LogP contribution in [0, 0.1) is 23.2 Å². The van der Waals surface area contributed by atoms with Crippen LogP contribution in [0.3, 0.4) is 0 Å². The summed E-state index contributed by atoms with van der Waals surface area (Å²) in [6, 6.07) is 4.48. The van der Waals surface area contributed by atoms with Gasteiger partial charge in [-0.15, -0.1) is 0 Å². The molecule has 1 saturated heterocycles. The van der Waals surface area contributed by atoms with Crippen molar-refractivity contribution in [2.75, 3.05) is 6.61 Å². The highest BCUT2D eigenvalue weighted by molar-refractivity contribution is 5.90. The maximum absolute atomic E-state index is 14.0. The average Bonchev–Trinajstić information content (AvgIpc) is 3.63. The van der Waals surface area contributed by atoms with E-state index in [2.05, 4.69) is 4.98 Å². The third-order valence-electron chi connectivity index (χ3n) is 10.7. The SMILES string of the molecule is CC[C@@H](C)C(=O)OC[C@]12[C@@H](OC(=O)c3ccoc3)C[C@H]3[C@H](OC(C)=O)[C@@]1(OC3(C)C)[C@](C)(O)C[C@H](CC(C)=O)[C@H]2OC(=O)c1cccnc1. The summed E-state index contributed by atoms with van der Waals surface area (Å²) in [5, 5.41) is 12.8. The normalized spacial score (nSPS) is 33.4. The highest BCUT2D eigenvalue weighted by Gasteiger charge is 2.85. The number of fused-ring (bicyclic) bond motifs is 1. The van der Waals surface area contributed by atoms with Crippen LogP contribution in [0.15, 0.2) is 47.5 Å². The Morgan fingerprint density at radius 2 is 1.73 bits per heavy atom. The summed E-state index contributed by atoms with van der Waals surface area (Å²) >= 11 is 0. The van der Waals surface area contributed by atoms with Crippen molar-refractivity contribution in [1.82, 2.24) is 4.98 Å². The van der Waals surface area contributed by atoms with Gasteiger partial charge in [0, 0.05) is 37.6 Å². The standard InChI is InChI=1S/C36H45NO12/c1-8-20(2)30(40)45-19-35-27(47-32(42)24-11-13-44-18-24)15-26-29(46-22(4)39)36(35,49-33(26,5)6)34(7,43)16-25(14-21(3)38)28(35)48-31(41)23-10-9-12-37-17-23/h9-13,17-18,20,25-29,43H,8,14-16,19H2,1-7H3/t20-,25+,26+,27+,28-,29+,34-,35-,36-/m1/s1. The van der Waals surface area contributed by atoms with Gasteiger partial charge in [-0.1, -0.05) is 13.8 Å². The molecule has 2 aromatic heterocycles. The van der Waals surface area contributed by atoms with E-state index in [1.54, 1.807) is 26.8 Å². The number of aliphatic hydroxyl groups is 1. The van der Waals surface area contributed by atoms with E-state index in [0.29, 0.717) is 6.42 Å². The first-order valence-corrected chi connectivity index (χ1v) is 16.6. The van der Waals surface area contributed by atoms with Crippen LogP contribution in [-0.2, 0) is 38.1 Å². The van der Waals surface area contributed by atoms with Crippen LogP contribution in [0.4, 0.5) is 0 Å². The van der Waals surface area contributed by atoms with Gasteiger partial charge >= 0.3 is 23.9 Å². The molecule has 13 nitrogen and oxygen atoms in total. The summed E-state index contributed by atoms with van der Waals surface area (Å²) in [6.45, 7) is 10.6. The van der Waals surface area contributed by atoms with Crippen molar-refractivity contribution in [2.24, 2.45) is 23.2 Å². The number of carbonyl (C=O) groups is 5. The molecule has 3 heterocycles. The Balaban J connectivity index is 1.82.